The lowest BCUT2D eigenvalue weighted by Gasteiger charge is -2.26. The van der Waals surface area contributed by atoms with Crippen molar-refractivity contribution < 1.29 is 9.18 Å². The van der Waals surface area contributed by atoms with Crippen molar-refractivity contribution in [1.82, 2.24) is 19.4 Å². The lowest BCUT2D eigenvalue weighted by atomic mass is 9.92. The first-order chi connectivity index (χ1) is 16.5. The Morgan fingerprint density at radius 2 is 1.82 bits per heavy atom. The Morgan fingerprint density at radius 1 is 1.06 bits per heavy atom. The number of hydrogen-bond acceptors (Lipinski definition) is 6. The molecular formula is C25H26FN7O. The highest BCUT2D eigenvalue weighted by molar-refractivity contribution is 6.04. The Hall–Kier alpha value is -3.85. The fourth-order valence-corrected chi connectivity index (χ4v) is 4.25. The van der Waals surface area contributed by atoms with Gasteiger partial charge in [0.1, 0.15) is 11.5 Å². The highest BCUT2D eigenvalue weighted by Crippen LogP contribution is 2.26. The van der Waals surface area contributed by atoms with Gasteiger partial charge in [0.2, 0.25) is 5.95 Å². The van der Waals surface area contributed by atoms with Crippen LogP contribution in [0.2, 0.25) is 0 Å². The molecule has 0 spiro atoms. The molecule has 0 radical (unpaired) electrons. The van der Waals surface area contributed by atoms with Crippen LogP contribution in [0.25, 0.3) is 17.0 Å². The number of nitrogens with two attached hydrogens (primary N) is 1. The van der Waals surface area contributed by atoms with Crippen molar-refractivity contribution in [2.45, 2.75) is 44.7 Å². The van der Waals surface area contributed by atoms with Gasteiger partial charge in [-0.25, -0.2) is 19.3 Å². The van der Waals surface area contributed by atoms with E-state index in [-0.39, 0.29) is 17.8 Å². The molecule has 1 fully saturated rings. The summed E-state index contributed by atoms with van der Waals surface area (Å²) in [7, 11) is 0. The van der Waals surface area contributed by atoms with Crippen molar-refractivity contribution in [3.05, 3.63) is 71.9 Å². The van der Waals surface area contributed by atoms with Crippen molar-refractivity contribution in [2.24, 2.45) is 5.73 Å². The molecule has 3 aromatic heterocycles. The van der Waals surface area contributed by atoms with Gasteiger partial charge in [-0.2, -0.15) is 0 Å². The van der Waals surface area contributed by atoms with Crippen LogP contribution in [-0.4, -0.2) is 37.3 Å². The number of carbonyl (C=O) groups is 1. The molecule has 0 unspecified atom stereocenters. The second-order valence-electron chi connectivity index (χ2n) is 8.73. The number of hydrogen-bond donors (Lipinski definition) is 3. The molecule has 4 N–H and O–H groups in total. The minimum atomic E-state index is -0.387. The van der Waals surface area contributed by atoms with E-state index in [1.807, 2.05) is 17.4 Å². The van der Waals surface area contributed by atoms with Crippen molar-refractivity contribution in [3.63, 3.8) is 0 Å². The first kappa shape index (κ1) is 22.0. The zero-order chi connectivity index (χ0) is 23.7. The summed E-state index contributed by atoms with van der Waals surface area (Å²) in [4.78, 5) is 26.3. The van der Waals surface area contributed by atoms with Gasteiger partial charge >= 0.3 is 0 Å². The van der Waals surface area contributed by atoms with Gasteiger partial charge in [-0.1, -0.05) is 0 Å². The summed E-state index contributed by atoms with van der Waals surface area (Å²) in [5, 5.41) is 6.30. The number of halogens is 1. The van der Waals surface area contributed by atoms with E-state index in [0.29, 0.717) is 23.2 Å². The Morgan fingerprint density at radius 3 is 2.59 bits per heavy atom. The summed E-state index contributed by atoms with van der Waals surface area (Å²) in [5.74, 6) is -0.128. The number of imidazole rings is 1. The van der Waals surface area contributed by atoms with Crippen LogP contribution in [-0.2, 0) is 0 Å². The van der Waals surface area contributed by atoms with Crippen LogP contribution in [0.5, 0.6) is 0 Å². The molecule has 1 aromatic carbocycles. The molecule has 1 aliphatic rings. The zero-order valence-corrected chi connectivity index (χ0v) is 18.8. The number of pyridine rings is 1. The lowest BCUT2D eigenvalue weighted by Crippen LogP contribution is -2.33. The van der Waals surface area contributed by atoms with Gasteiger partial charge in [0.25, 0.3) is 5.91 Å². The van der Waals surface area contributed by atoms with E-state index in [2.05, 4.69) is 20.6 Å². The van der Waals surface area contributed by atoms with Crippen LogP contribution in [0.4, 0.5) is 16.0 Å². The number of rotatable bonds is 5. The van der Waals surface area contributed by atoms with Crippen LogP contribution < -0.4 is 16.4 Å². The van der Waals surface area contributed by atoms with Gasteiger partial charge in [-0.05, 0) is 74.6 Å². The number of nitrogens with zero attached hydrogens (tertiary/aromatic N) is 4. The van der Waals surface area contributed by atoms with Crippen molar-refractivity contribution in [3.8, 4) is 11.4 Å². The number of nitrogens with one attached hydrogen (secondary N) is 2. The molecule has 34 heavy (non-hydrogen) atoms. The van der Waals surface area contributed by atoms with E-state index in [1.165, 1.54) is 24.3 Å². The summed E-state index contributed by atoms with van der Waals surface area (Å²) in [6, 6.07) is 9.62. The van der Waals surface area contributed by atoms with E-state index in [1.54, 1.807) is 24.7 Å². The molecule has 0 bridgehead atoms. The Bertz CT molecular complexity index is 1330. The summed E-state index contributed by atoms with van der Waals surface area (Å²) in [6.45, 7) is 1.96. The molecule has 9 heteroatoms. The second kappa shape index (κ2) is 9.18. The Kier molecular flexibility index (Phi) is 5.93. The predicted octanol–water partition coefficient (Wildman–Crippen LogP) is 4.17. The van der Waals surface area contributed by atoms with Gasteiger partial charge in [0, 0.05) is 30.0 Å². The van der Waals surface area contributed by atoms with Crippen molar-refractivity contribution >= 4 is 23.2 Å². The number of anilines is 2. The molecule has 0 aliphatic heterocycles. The average Bonchev–Trinajstić information content (AvgIpc) is 3.25. The van der Waals surface area contributed by atoms with Crippen LogP contribution in [0.3, 0.4) is 0 Å². The monoisotopic (exact) mass is 459 g/mol. The van der Waals surface area contributed by atoms with Gasteiger partial charge in [-0.3, -0.25) is 9.20 Å². The molecule has 174 valence electrons. The summed E-state index contributed by atoms with van der Waals surface area (Å²) in [6.07, 6.45) is 9.36. The molecule has 8 nitrogen and oxygen atoms in total. The van der Waals surface area contributed by atoms with Gasteiger partial charge < -0.3 is 16.4 Å². The first-order valence-electron chi connectivity index (χ1n) is 11.4. The van der Waals surface area contributed by atoms with E-state index >= 15 is 0 Å². The minimum Gasteiger partial charge on any atom is -0.351 e. The SMILES string of the molecule is Cc1cnc(NC2CCC(N)CC2)nc1-c1cnc2ccc(NC(=O)c3ccc(F)cc3)cn12. The molecule has 3 heterocycles. The van der Waals surface area contributed by atoms with Gasteiger partial charge in [0.15, 0.2) is 0 Å². The van der Waals surface area contributed by atoms with E-state index in [9.17, 15) is 9.18 Å². The molecule has 0 saturated heterocycles. The van der Waals surface area contributed by atoms with Crippen LogP contribution in [0.15, 0.2) is 55.0 Å². The maximum atomic E-state index is 13.2. The maximum Gasteiger partial charge on any atom is 0.255 e. The van der Waals surface area contributed by atoms with Gasteiger partial charge in [-0.15, -0.1) is 0 Å². The smallest absolute Gasteiger partial charge is 0.255 e. The first-order valence-corrected chi connectivity index (χ1v) is 11.4. The summed E-state index contributed by atoms with van der Waals surface area (Å²) in [5.41, 5.74) is 10.2. The van der Waals surface area contributed by atoms with E-state index < -0.39 is 0 Å². The molecule has 1 amide bonds. The average molecular weight is 460 g/mol. The molecule has 5 rings (SSSR count). The Labute approximate surface area is 196 Å². The molecular weight excluding hydrogens is 433 g/mol. The van der Waals surface area contributed by atoms with E-state index in [4.69, 9.17) is 10.7 Å². The quantitative estimate of drug-likeness (QED) is 0.413. The van der Waals surface area contributed by atoms with Crippen LogP contribution >= 0.6 is 0 Å². The highest BCUT2D eigenvalue weighted by Gasteiger charge is 2.20. The third-order valence-electron chi connectivity index (χ3n) is 6.19. The number of fused-ring (bicyclic) bond motifs is 1. The van der Waals surface area contributed by atoms with Crippen molar-refractivity contribution in [1.29, 1.82) is 0 Å². The largest absolute Gasteiger partial charge is 0.351 e. The van der Waals surface area contributed by atoms with Crippen molar-refractivity contribution in [2.75, 3.05) is 10.6 Å². The number of aryl methyl sites for hydroxylation is 1. The molecule has 1 aliphatic carbocycles. The summed E-state index contributed by atoms with van der Waals surface area (Å²) >= 11 is 0. The third-order valence-corrected chi connectivity index (χ3v) is 6.19. The third kappa shape index (κ3) is 4.60. The fraction of sp³-hybridized carbons (Fsp3) is 0.280. The summed E-state index contributed by atoms with van der Waals surface area (Å²) < 4.78 is 15.1. The molecule has 1 saturated carbocycles. The number of benzene rings is 1. The zero-order valence-electron chi connectivity index (χ0n) is 18.8. The molecule has 4 aromatic rings. The van der Waals surface area contributed by atoms with Crippen LogP contribution in [0, 0.1) is 12.7 Å². The standard InChI is InChI=1S/C25H26FN7O/c1-15-12-29-25(31-19-8-6-18(27)7-9-19)32-23(15)21-13-28-22-11-10-20(14-33(21)22)30-24(34)16-2-4-17(26)5-3-16/h2-5,10-14,18-19H,6-9,27H2,1H3,(H,30,34)(H,29,31,32). The lowest BCUT2D eigenvalue weighted by molar-refractivity contribution is 0.102. The highest BCUT2D eigenvalue weighted by atomic mass is 19.1. The number of carbonyl (C=O) groups excluding carboxylic acids is 1. The number of aromatic nitrogens is 4. The molecule has 0 atom stereocenters. The second-order valence-corrected chi connectivity index (χ2v) is 8.73. The minimum absolute atomic E-state index is 0.281. The Balaban J connectivity index is 1.41. The predicted molar refractivity (Wildman–Crippen MR) is 129 cm³/mol. The maximum absolute atomic E-state index is 13.2. The van der Waals surface area contributed by atoms with Crippen LogP contribution in [0.1, 0.15) is 41.6 Å². The van der Waals surface area contributed by atoms with Gasteiger partial charge in [0.05, 0.1) is 23.3 Å². The fourth-order valence-electron chi connectivity index (χ4n) is 4.25. The topological polar surface area (TPSA) is 110 Å². The normalized spacial score (nSPS) is 18.1. The number of amides is 1. The van der Waals surface area contributed by atoms with E-state index in [0.717, 1.165) is 48.3 Å².